The molecule has 3 rings (SSSR count). The van der Waals surface area contributed by atoms with Gasteiger partial charge in [-0.05, 0) is 51.0 Å². The molecule has 3 fully saturated rings. The quantitative estimate of drug-likeness (QED) is 0.868. The van der Waals surface area contributed by atoms with Crippen molar-refractivity contribution in [3.63, 3.8) is 0 Å². The number of ketones is 1. The summed E-state index contributed by atoms with van der Waals surface area (Å²) in [6.45, 7) is 2.94. The van der Waals surface area contributed by atoms with E-state index in [0.29, 0.717) is 18.2 Å². The van der Waals surface area contributed by atoms with Gasteiger partial charge in [0.1, 0.15) is 5.78 Å². The molecular formula is C17H29NO3. The molecule has 0 amide bonds. The Morgan fingerprint density at radius 1 is 1.10 bits per heavy atom. The Morgan fingerprint density at radius 2 is 1.86 bits per heavy atom. The first kappa shape index (κ1) is 15.4. The molecule has 0 aromatic carbocycles. The van der Waals surface area contributed by atoms with Gasteiger partial charge in [-0.1, -0.05) is 12.8 Å². The zero-order chi connectivity index (χ0) is 14.7. The second-order valence-corrected chi connectivity index (χ2v) is 7.12. The lowest BCUT2D eigenvalue weighted by Crippen LogP contribution is -2.47. The highest BCUT2D eigenvalue weighted by molar-refractivity contribution is 5.84. The normalized spacial score (nSPS) is 36.5. The van der Waals surface area contributed by atoms with E-state index in [1.165, 1.54) is 12.8 Å². The minimum absolute atomic E-state index is 0.0797. The van der Waals surface area contributed by atoms with Gasteiger partial charge in [0.05, 0.1) is 5.60 Å². The van der Waals surface area contributed by atoms with Crippen LogP contribution in [-0.2, 0) is 14.3 Å². The molecule has 4 nitrogen and oxygen atoms in total. The lowest BCUT2D eigenvalue weighted by Gasteiger charge is -2.44. The third kappa shape index (κ3) is 3.33. The van der Waals surface area contributed by atoms with Crippen LogP contribution in [0, 0.1) is 17.8 Å². The number of rotatable bonds is 3. The summed E-state index contributed by atoms with van der Waals surface area (Å²) in [7, 11) is 0. The van der Waals surface area contributed by atoms with Crippen molar-refractivity contribution in [1.82, 2.24) is 0 Å². The van der Waals surface area contributed by atoms with Crippen LogP contribution in [0.15, 0.2) is 0 Å². The number of nitrogens with two attached hydrogens (primary N) is 1. The van der Waals surface area contributed by atoms with Crippen molar-refractivity contribution in [1.29, 1.82) is 0 Å². The first-order chi connectivity index (χ1) is 10.2. The summed E-state index contributed by atoms with van der Waals surface area (Å²) in [4.78, 5) is 13.0. The van der Waals surface area contributed by atoms with E-state index in [2.05, 4.69) is 0 Å². The van der Waals surface area contributed by atoms with Crippen LogP contribution in [0.4, 0.5) is 0 Å². The van der Waals surface area contributed by atoms with Gasteiger partial charge in [-0.3, -0.25) is 4.79 Å². The Bertz CT molecular complexity index is 360. The van der Waals surface area contributed by atoms with Gasteiger partial charge in [0.2, 0.25) is 0 Å². The topological polar surface area (TPSA) is 61.6 Å². The number of carbonyl (C=O) groups excluding carboxylic acids is 1. The van der Waals surface area contributed by atoms with Gasteiger partial charge < -0.3 is 15.2 Å². The van der Waals surface area contributed by atoms with Crippen LogP contribution >= 0.6 is 0 Å². The summed E-state index contributed by atoms with van der Waals surface area (Å²) in [6, 6.07) is 0. The van der Waals surface area contributed by atoms with Crippen LogP contribution in [-0.4, -0.2) is 37.7 Å². The monoisotopic (exact) mass is 295 g/mol. The average molecular weight is 295 g/mol. The largest absolute Gasteiger partial charge is 0.381 e. The van der Waals surface area contributed by atoms with E-state index in [1.54, 1.807) is 0 Å². The van der Waals surface area contributed by atoms with Gasteiger partial charge in [-0.15, -0.1) is 0 Å². The SMILES string of the molecule is NCC1CCCCC1C(=O)C1CCOC2(CCOCC2)C1. The molecule has 0 radical (unpaired) electrons. The molecule has 21 heavy (non-hydrogen) atoms. The van der Waals surface area contributed by atoms with Crippen LogP contribution < -0.4 is 5.73 Å². The number of carbonyl (C=O) groups is 1. The lowest BCUT2D eigenvalue weighted by molar-refractivity contribution is -0.160. The van der Waals surface area contributed by atoms with Crippen molar-refractivity contribution in [2.75, 3.05) is 26.4 Å². The summed E-state index contributed by atoms with van der Waals surface area (Å²) in [5.41, 5.74) is 5.82. The van der Waals surface area contributed by atoms with Crippen LogP contribution in [0.25, 0.3) is 0 Å². The minimum Gasteiger partial charge on any atom is -0.381 e. The van der Waals surface area contributed by atoms with Crippen molar-refractivity contribution in [2.45, 2.75) is 57.0 Å². The van der Waals surface area contributed by atoms with Crippen LogP contribution in [0.3, 0.4) is 0 Å². The Kier molecular flexibility index (Phi) is 4.97. The molecule has 4 heteroatoms. The van der Waals surface area contributed by atoms with Crippen molar-refractivity contribution < 1.29 is 14.3 Å². The Labute approximate surface area is 127 Å². The van der Waals surface area contributed by atoms with Crippen LogP contribution in [0.5, 0.6) is 0 Å². The first-order valence-electron chi connectivity index (χ1n) is 8.70. The van der Waals surface area contributed by atoms with E-state index in [0.717, 1.165) is 58.3 Å². The fourth-order valence-corrected chi connectivity index (χ4v) is 4.53. The molecule has 2 saturated heterocycles. The number of Topliss-reactive ketones (excluding diaryl/α,β-unsaturated/α-hetero) is 1. The van der Waals surface area contributed by atoms with Crippen molar-refractivity contribution in [3.8, 4) is 0 Å². The van der Waals surface area contributed by atoms with E-state index in [4.69, 9.17) is 15.2 Å². The molecule has 0 aromatic rings. The summed E-state index contributed by atoms with van der Waals surface area (Å²) in [5, 5.41) is 0. The molecule has 0 bridgehead atoms. The van der Waals surface area contributed by atoms with E-state index in [-0.39, 0.29) is 17.4 Å². The van der Waals surface area contributed by atoms with Gasteiger partial charge in [-0.2, -0.15) is 0 Å². The first-order valence-corrected chi connectivity index (χ1v) is 8.70. The maximum Gasteiger partial charge on any atom is 0.139 e. The second-order valence-electron chi connectivity index (χ2n) is 7.12. The van der Waals surface area contributed by atoms with Crippen LogP contribution in [0.2, 0.25) is 0 Å². The smallest absolute Gasteiger partial charge is 0.139 e. The highest BCUT2D eigenvalue weighted by Gasteiger charge is 2.43. The molecule has 3 atom stereocenters. The molecule has 0 aromatic heterocycles. The number of hydrogen-bond donors (Lipinski definition) is 1. The second kappa shape index (κ2) is 6.76. The van der Waals surface area contributed by atoms with E-state index in [9.17, 15) is 4.79 Å². The summed E-state index contributed by atoms with van der Waals surface area (Å²) in [5.74, 6) is 1.30. The fourth-order valence-electron chi connectivity index (χ4n) is 4.53. The van der Waals surface area contributed by atoms with Gasteiger partial charge in [0.15, 0.2) is 0 Å². The lowest BCUT2D eigenvalue weighted by atomic mass is 9.70. The zero-order valence-corrected chi connectivity index (χ0v) is 13.0. The molecule has 2 heterocycles. The molecule has 120 valence electrons. The standard InChI is InChI=1S/C17H29NO3/c18-12-14-3-1-2-4-15(14)16(19)13-5-8-21-17(11-13)6-9-20-10-7-17/h13-15H,1-12,18H2. The molecule has 3 unspecified atom stereocenters. The molecule has 3 aliphatic rings. The van der Waals surface area contributed by atoms with Gasteiger partial charge >= 0.3 is 0 Å². The van der Waals surface area contributed by atoms with E-state index >= 15 is 0 Å². The maximum atomic E-state index is 13.0. The van der Waals surface area contributed by atoms with Crippen molar-refractivity contribution in [3.05, 3.63) is 0 Å². The zero-order valence-electron chi connectivity index (χ0n) is 13.0. The third-order valence-electron chi connectivity index (χ3n) is 5.88. The summed E-state index contributed by atoms with van der Waals surface area (Å²) < 4.78 is 11.5. The average Bonchev–Trinajstić information content (AvgIpc) is 2.55. The maximum absolute atomic E-state index is 13.0. The van der Waals surface area contributed by atoms with E-state index < -0.39 is 0 Å². The fraction of sp³-hybridized carbons (Fsp3) is 0.941. The number of hydrogen-bond acceptors (Lipinski definition) is 4. The highest BCUT2D eigenvalue weighted by atomic mass is 16.5. The van der Waals surface area contributed by atoms with Gasteiger partial charge in [-0.25, -0.2) is 0 Å². The molecule has 1 saturated carbocycles. The Hall–Kier alpha value is -0.450. The summed E-state index contributed by atoms with van der Waals surface area (Å²) in [6.07, 6.45) is 8.31. The van der Waals surface area contributed by atoms with Crippen molar-refractivity contribution >= 4 is 5.78 Å². The Morgan fingerprint density at radius 3 is 2.62 bits per heavy atom. The van der Waals surface area contributed by atoms with Crippen LogP contribution in [0.1, 0.15) is 51.4 Å². The predicted octanol–water partition coefficient (Wildman–Crippen LogP) is 2.30. The summed E-state index contributed by atoms with van der Waals surface area (Å²) >= 11 is 0. The predicted molar refractivity (Wildman–Crippen MR) is 81.0 cm³/mol. The molecule has 2 aliphatic heterocycles. The molecule has 2 N–H and O–H groups in total. The highest BCUT2D eigenvalue weighted by Crippen LogP contribution is 2.40. The molecule has 1 aliphatic carbocycles. The Balaban J connectivity index is 1.66. The minimum atomic E-state index is -0.0797. The number of ether oxygens (including phenoxy) is 2. The van der Waals surface area contributed by atoms with Gasteiger partial charge in [0, 0.05) is 31.7 Å². The van der Waals surface area contributed by atoms with Crippen molar-refractivity contribution in [2.24, 2.45) is 23.5 Å². The van der Waals surface area contributed by atoms with Gasteiger partial charge in [0.25, 0.3) is 0 Å². The molecular weight excluding hydrogens is 266 g/mol. The molecule has 1 spiro atoms. The van der Waals surface area contributed by atoms with E-state index in [1.807, 2.05) is 0 Å². The third-order valence-corrected chi connectivity index (χ3v) is 5.88.